The number of hydrogen-bond donors (Lipinski definition) is 1. The van der Waals surface area contributed by atoms with Crippen LogP contribution in [0.15, 0.2) is 53.4 Å². The third-order valence-corrected chi connectivity index (χ3v) is 8.95. The molecule has 1 saturated carbocycles. The number of fused-ring (bicyclic) bond motifs is 1. The van der Waals surface area contributed by atoms with E-state index in [0.29, 0.717) is 47.4 Å². The second-order valence-corrected chi connectivity index (χ2v) is 11.3. The molecule has 5 rings (SSSR count). The number of benzene rings is 2. The first kappa shape index (κ1) is 23.9. The van der Waals surface area contributed by atoms with Gasteiger partial charge in [0.2, 0.25) is 5.92 Å². The van der Waals surface area contributed by atoms with Crippen LogP contribution in [0.25, 0.3) is 10.9 Å². The molecule has 1 saturated heterocycles. The molecule has 1 unspecified atom stereocenters. The Morgan fingerprint density at radius 2 is 1.74 bits per heavy atom. The number of nitrogens with zero attached hydrogens (tertiary/aromatic N) is 1. The van der Waals surface area contributed by atoms with Crippen LogP contribution in [0.2, 0.25) is 0 Å². The SMILES string of the molecule is Cc1c(C2CCC(F)(F)C2)c2ccccc2n1S(=O)(=O)c1ccc(C(=O)NC2CCOCC2)cc1. The smallest absolute Gasteiger partial charge is 0.268 e. The summed E-state index contributed by atoms with van der Waals surface area (Å²) in [6.07, 6.45) is 1.33. The van der Waals surface area contributed by atoms with Crippen molar-refractivity contribution in [1.29, 1.82) is 0 Å². The summed E-state index contributed by atoms with van der Waals surface area (Å²) in [5.74, 6) is -3.39. The van der Waals surface area contributed by atoms with Crippen molar-refractivity contribution in [3.05, 3.63) is 65.4 Å². The number of halogens is 2. The average Bonchev–Trinajstić information content (AvgIpc) is 3.35. The molecule has 1 amide bonds. The van der Waals surface area contributed by atoms with Crippen molar-refractivity contribution < 1.29 is 26.7 Å². The normalized spacial score (nSPS) is 20.8. The number of carbonyl (C=O) groups is 1. The summed E-state index contributed by atoms with van der Waals surface area (Å²) in [7, 11) is -4.02. The Kier molecular flexibility index (Phi) is 6.17. The van der Waals surface area contributed by atoms with Crippen LogP contribution in [-0.4, -0.2) is 43.5 Å². The summed E-state index contributed by atoms with van der Waals surface area (Å²) >= 11 is 0. The molecular formula is C26H28F2N2O4S. The highest BCUT2D eigenvalue weighted by molar-refractivity contribution is 7.90. The number of rotatable bonds is 5. The zero-order valence-electron chi connectivity index (χ0n) is 19.5. The molecule has 9 heteroatoms. The van der Waals surface area contributed by atoms with Gasteiger partial charge in [-0.3, -0.25) is 4.79 Å². The van der Waals surface area contributed by atoms with Gasteiger partial charge in [0, 0.05) is 48.7 Å². The van der Waals surface area contributed by atoms with Gasteiger partial charge in [-0.25, -0.2) is 21.2 Å². The van der Waals surface area contributed by atoms with Crippen molar-refractivity contribution in [2.24, 2.45) is 0 Å². The first-order chi connectivity index (χ1) is 16.7. The molecule has 2 aromatic carbocycles. The quantitative estimate of drug-likeness (QED) is 0.533. The predicted molar refractivity (Wildman–Crippen MR) is 129 cm³/mol. The van der Waals surface area contributed by atoms with Crippen molar-refractivity contribution in [1.82, 2.24) is 9.29 Å². The Morgan fingerprint density at radius 3 is 2.40 bits per heavy atom. The third-order valence-electron chi connectivity index (χ3n) is 7.13. The molecule has 2 aliphatic rings. The van der Waals surface area contributed by atoms with Crippen molar-refractivity contribution in [3.63, 3.8) is 0 Å². The summed E-state index contributed by atoms with van der Waals surface area (Å²) in [6.45, 7) is 2.89. The molecule has 0 bridgehead atoms. The minimum atomic E-state index is -4.02. The maximum Gasteiger partial charge on any atom is 0.268 e. The number of amides is 1. The Hall–Kier alpha value is -2.78. The van der Waals surface area contributed by atoms with Gasteiger partial charge in [0.15, 0.2) is 0 Å². The zero-order chi connectivity index (χ0) is 24.8. The summed E-state index contributed by atoms with van der Waals surface area (Å²) in [6, 6.07) is 12.9. The molecule has 3 aromatic rings. The van der Waals surface area contributed by atoms with Gasteiger partial charge in [-0.1, -0.05) is 18.2 Å². The molecule has 0 spiro atoms. The molecule has 1 N–H and O–H groups in total. The molecule has 35 heavy (non-hydrogen) atoms. The van der Waals surface area contributed by atoms with Crippen LogP contribution >= 0.6 is 0 Å². The molecule has 1 atom stereocenters. The lowest BCUT2D eigenvalue weighted by atomic mass is 9.94. The topological polar surface area (TPSA) is 77.4 Å². The number of para-hydroxylation sites is 1. The van der Waals surface area contributed by atoms with Gasteiger partial charge in [-0.2, -0.15) is 0 Å². The maximum absolute atomic E-state index is 14.0. The van der Waals surface area contributed by atoms with E-state index < -0.39 is 21.9 Å². The van der Waals surface area contributed by atoms with Gasteiger partial charge in [-0.15, -0.1) is 0 Å². The van der Waals surface area contributed by atoms with E-state index in [1.165, 1.54) is 28.2 Å². The van der Waals surface area contributed by atoms with E-state index >= 15 is 0 Å². The fraction of sp³-hybridized carbons (Fsp3) is 0.423. The van der Waals surface area contributed by atoms with Crippen LogP contribution in [0.3, 0.4) is 0 Å². The molecule has 0 radical (unpaired) electrons. The highest BCUT2D eigenvalue weighted by atomic mass is 32.2. The first-order valence-corrected chi connectivity index (χ1v) is 13.3. The lowest BCUT2D eigenvalue weighted by Gasteiger charge is -2.23. The molecule has 6 nitrogen and oxygen atoms in total. The van der Waals surface area contributed by atoms with Gasteiger partial charge in [0.25, 0.3) is 15.9 Å². The monoisotopic (exact) mass is 502 g/mol. The van der Waals surface area contributed by atoms with Crippen molar-refractivity contribution >= 4 is 26.8 Å². The van der Waals surface area contributed by atoms with Crippen LogP contribution in [0.5, 0.6) is 0 Å². The average molecular weight is 503 g/mol. The molecule has 2 fully saturated rings. The third kappa shape index (κ3) is 4.47. The fourth-order valence-electron chi connectivity index (χ4n) is 5.38. The minimum Gasteiger partial charge on any atom is -0.381 e. The minimum absolute atomic E-state index is 0.0345. The van der Waals surface area contributed by atoms with Crippen LogP contribution in [0, 0.1) is 6.92 Å². The van der Waals surface area contributed by atoms with E-state index in [4.69, 9.17) is 4.74 Å². The van der Waals surface area contributed by atoms with Gasteiger partial charge in [0.05, 0.1) is 10.4 Å². The number of alkyl halides is 2. The van der Waals surface area contributed by atoms with E-state index in [1.54, 1.807) is 31.2 Å². The fourth-order valence-corrected chi connectivity index (χ4v) is 6.95. The summed E-state index contributed by atoms with van der Waals surface area (Å²) < 4.78 is 62.0. The Labute approximate surface area is 203 Å². The van der Waals surface area contributed by atoms with Crippen molar-refractivity contribution in [2.45, 2.75) is 61.8 Å². The summed E-state index contributed by atoms with van der Waals surface area (Å²) in [5.41, 5.74) is 1.97. The van der Waals surface area contributed by atoms with E-state index in [2.05, 4.69) is 5.32 Å². The predicted octanol–water partition coefficient (Wildman–Crippen LogP) is 5.00. The Morgan fingerprint density at radius 1 is 1.06 bits per heavy atom. The second-order valence-electron chi connectivity index (χ2n) is 9.47. The van der Waals surface area contributed by atoms with Crippen LogP contribution in [-0.2, 0) is 14.8 Å². The first-order valence-electron chi connectivity index (χ1n) is 11.9. The van der Waals surface area contributed by atoms with E-state index in [0.717, 1.165) is 12.8 Å². The molecule has 1 aliphatic heterocycles. The summed E-state index contributed by atoms with van der Waals surface area (Å²) in [4.78, 5) is 12.6. The molecule has 186 valence electrons. The van der Waals surface area contributed by atoms with Crippen LogP contribution < -0.4 is 5.32 Å². The molecular weight excluding hydrogens is 474 g/mol. The van der Waals surface area contributed by atoms with Gasteiger partial charge in [-0.05, 0) is 68.0 Å². The summed E-state index contributed by atoms with van der Waals surface area (Å²) in [5, 5.41) is 3.65. The Bertz CT molecular complexity index is 1360. The highest BCUT2D eigenvalue weighted by Crippen LogP contribution is 2.48. The lowest BCUT2D eigenvalue weighted by molar-refractivity contribution is 0.00778. The molecule has 1 aliphatic carbocycles. The second kappa shape index (κ2) is 9.02. The lowest BCUT2D eigenvalue weighted by Crippen LogP contribution is -2.38. The largest absolute Gasteiger partial charge is 0.381 e. The van der Waals surface area contributed by atoms with Crippen LogP contribution in [0.4, 0.5) is 8.78 Å². The Balaban J connectivity index is 1.48. The van der Waals surface area contributed by atoms with Crippen LogP contribution in [0.1, 0.15) is 59.6 Å². The van der Waals surface area contributed by atoms with Gasteiger partial charge >= 0.3 is 0 Å². The number of aromatic nitrogens is 1. The maximum atomic E-state index is 14.0. The number of ether oxygens (including phenoxy) is 1. The molecule has 1 aromatic heterocycles. The van der Waals surface area contributed by atoms with E-state index in [9.17, 15) is 22.0 Å². The van der Waals surface area contributed by atoms with Crippen molar-refractivity contribution in [2.75, 3.05) is 13.2 Å². The standard InChI is InChI=1S/C26H28F2N2O4S/c1-17-24(19-10-13-26(27,28)16-19)22-4-2-3-5-23(22)30(17)35(32,33)21-8-6-18(7-9-21)25(31)29-20-11-14-34-15-12-20/h2-9,19-20H,10-16H2,1H3,(H,29,31). The van der Waals surface area contributed by atoms with E-state index in [1.807, 2.05) is 0 Å². The number of hydrogen-bond acceptors (Lipinski definition) is 4. The highest BCUT2D eigenvalue weighted by Gasteiger charge is 2.42. The van der Waals surface area contributed by atoms with Gasteiger partial charge in [0.1, 0.15) is 0 Å². The molecule has 2 heterocycles. The zero-order valence-corrected chi connectivity index (χ0v) is 20.3. The number of nitrogens with one attached hydrogen (secondary N) is 1. The number of carbonyl (C=O) groups excluding carboxylic acids is 1. The van der Waals surface area contributed by atoms with E-state index in [-0.39, 0.29) is 29.7 Å². The van der Waals surface area contributed by atoms with Crippen molar-refractivity contribution in [3.8, 4) is 0 Å². The van der Waals surface area contributed by atoms with Gasteiger partial charge < -0.3 is 10.1 Å².